The van der Waals surface area contributed by atoms with Crippen molar-refractivity contribution in [2.45, 2.75) is 0 Å². The van der Waals surface area contributed by atoms with E-state index in [0.717, 1.165) is 0 Å². The number of amides is 1. The van der Waals surface area contributed by atoms with Gasteiger partial charge in [0.25, 0.3) is 5.91 Å². The molecule has 2 aromatic carbocycles. The number of nitrogens with zero attached hydrogens (tertiary/aromatic N) is 2. The van der Waals surface area contributed by atoms with Crippen LogP contribution in [0.4, 0.5) is 5.69 Å². The third kappa shape index (κ3) is 4.27. The second-order valence-electron chi connectivity index (χ2n) is 5.22. The number of benzene rings is 2. The lowest BCUT2D eigenvalue weighted by Crippen LogP contribution is -2.12. The highest BCUT2D eigenvalue weighted by Gasteiger charge is 2.11. The lowest BCUT2D eigenvalue weighted by Gasteiger charge is -2.09. The molecule has 0 fully saturated rings. The second kappa shape index (κ2) is 7.98. The van der Waals surface area contributed by atoms with Crippen molar-refractivity contribution in [3.63, 3.8) is 0 Å². The van der Waals surface area contributed by atoms with Gasteiger partial charge in [-0.1, -0.05) is 18.2 Å². The van der Waals surface area contributed by atoms with Gasteiger partial charge in [-0.2, -0.15) is 0 Å². The van der Waals surface area contributed by atoms with Gasteiger partial charge in [0.2, 0.25) is 0 Å². The van der Waals surface area contributed by atoms with Crippen LogP contribution in [0.2, 0.25) is 0 Å². The standard InChI is InChI=1S/C19H17N3O4/c1-24-16-8-13(9-17(10-16)25-2)18(23)22-14-11-20-19(21-12-14)26-15-6-4-3-5-7-15/h3-12H,1-2H3,(H,22,23). The molecule has 0 aliphatic heterocycles. The maximum atomic E-state index is 12.4. The van der Waals surface area contributed by atoms with E-state index in [1.165, 1.54) is 26.6 Å². The van der Waals surface area contributed by atoms with E-state index in [1.54, 1.807) is 30.3 Å². The number of ether oxygens (including phenoxy) is 3. The van der Waals surface area contributed by atoms with Crippen LogP contribution >= 0.6 is 0 Å². The number of rotatable bonds is 6. The number of methoxy groups -OCH3 is 2. The van der Waals surface area contributed by atoms with Crippen LogP contribution in [0.15, 0.2) is 60.9 Å². The van der Waals surface area contributed by atoms with Crippen LogP contribution in [-0.2, 0) is 0 Å². The molecule has 0 aliphatic carbocycles. The summed E-state index contributed by atoms with van der Waals surface area (Å²) in [5.74, 6) is 1.35. The maximum Gasteiger partial charge on any atom is 0.322 e. The number of carbonyl (C=O) groups is 1. The molecule has 3 rings (SSSR count). The molecule has 1 aromatic heterocycles. The Labute approximate surface area is 150 Å². The number of hydrogen-bond donors (Lipinski definition) is 1. The number of hydrogen-bond acceptors (Lipinski definition) is 6. The van der Waals surface area contributed by atoms with E-state index in [1.807, 2.05) is 18.2 Å². The van der Waals surface area contributed by atoms with Crippen molar-refractivity contribution in [3.05, 3.63) is 66.5 Å². The number of aromatic nitrogens is 2. The molecule has 0 saturated carbocycles. The van der Waals surface area contributed by atoms with Gasteiger partial charge < -0.3 is 19.5 Å². The van der Waals surface area contributed by atoms with Gasteiger partial charge >= 0.3 is 6.01 Å². The van der Waals surface area contributed by atoms with Gasteiger partial charge in [0.1, 0.15) is 17.2 Å². The summed E-state index contributed by atoms with van der Waals surface area (Å²) in [4.78, 5) is 20.6. The normalized spacial score (nSPS) is 10.1. The lowest BCUT2D eigenvalue weighted by atomic mass is 10.2. The quantitative estimate of drug-likeness (QED) is 0.731. The zero-order chi connectivity index (χ0) is 18.4. The fourth-order valence-electron chi connectivity index (χ4n) is 2.17. The molecule has 0 aliphatic rings. The first-order chi connectivity index (χ1) is 12.7. The summed E-state index contributed by atoms with van der Waals surface area (Å²) in [6, 6.07) is 14.3. The molecule has 0 unspecified atom stereocenters. The van der Waals surface area contributed by atoms with Crippen molar-refractivity contribution >= 4 is 11.6 Å². The monoisotopic (exact) mass is 351 g/mol. The van der Waals surface area contributed by atoms with E-state index in [4.69, 9.17) is 14.2 Å². The molecule has 0 atom stereocenters. The molecule has 7 heteroatoms. The Bertz CT molecular complexity index is 861. The van der Waals surface area contributed by atoms with Gasteiger partial charge in [0.15, 0.2) is 0 Å². The van der Waals surface area contributed by atoms with Crippen LogP contribution in [0, 0.1) is 0 Å². The van der Waals surface area contributed by atoms with E-state index in [0.29, 0.717) is 28.5 Å². The number of para-hydroxylation sites is 1. The molecule has 3 aromatic rings. The first-order valence-electron chi connectivity index (χ1n) is 7.77. The van der Waals surface area contributed by atoms with E-state index < -0.39 is 0 Å². The highest BCUT2D eigenvalue weighted by molar-refractivity contribution is 6.04. The summed E-state index contributed by atoms with van der Waals surface area (Å²) in [5.41, 5.74) is 0.836. The summed E-state index contributed by atoms with van der Waals surface area (Å²) in [7, 11) is 3.05. The largest absolute Gasteiger partial charge is 0.497 e. The smallest absolute Gasteiger partial charge is 0.322 e. The number of carbonyl (C=O) groups excluding carboxylic acids is 1. The third-order valence-corrected chi connectivity index (χ3v) is 3.45. The molecule has 1 N–H and O–H groups in total. The Kier molecular flexibility index (Phi) is 5.28. The Balaban J connectivity index is 1.70. The third-order valence-electron chi connectivity index (χ3n) is 3.45. The summed E-state index contributed by atoms with van der Waals surface area (Å²) in [6.45, 7) is 0. The van der Waals surface area contributed by atoms with Crippen molar-refractivity contribution in [1.82, 2.24) is 9.97 Å². The van der Waals surface area contributed by atoms with Crippen LogP contribution in [0.25, 0.3) is 0 Å². The van der Waals surface area contributed by atoms with E-state index in [9.17, 15) is 4.79 Å². The fraction of sp³-hybridized carbons (Fsp3) is 0.105. The van der Waals surface area contributed by atoms with E-state index in [-0.39, 0.29) is 11.9 Å². The van der Waals surface area contributed by atoms with Gasteiger partial charge in [0, 0.05) is 11.6 Å². The van der Waals surface area contributed by atoms with Crippen molar-refractivity contribution in [1.29, 1.82) is 0 Å². The summed E-state index contributed by atoms with van der Waals surface area (Å²) >= 11 is 0. The van der Waals surface area contributed by atoms with E-state index >= 15 is 0 Å². The first kappa shape index (κ1) is 17.2. The highest BCUT2D eigenvalue weighted by Crippen LogP contribution is 2.23. The van der Waals surface area contributed by atoms with Crippen molar-refractivity contribution < 1.29 is 19.0 Å². The van der Waals surface area contributed by atoms with Gasteiger partial charge in [-0.25, -0.2) is 9.97 Å². The second-order valence-corrected chi connectivity index (χ2v) is 5.22. The van der Waals surface area contributed by atoms with Crippen LogP contribution < -0.4 is 19.5 Å². The topological polar surface area (TPSA) is 82.6 Å². The Morgan fingerprint density at radius 3 is 2.08 bits per heavy atom. The van der Waals surface area contributed by atoms with Crippen molar-refractivity contribution in [2.24, 2.45) is 0 Å². The average molecular weight is 351 g/mol. The average Bonchev–Trinajstić information content (AvgIpc) is 2.69. The van der Waals surface area contributed by atoms with Crippen LogP contribution in [0.3, 0.4) is 0 Å². The van der Waals surface area contributed by atoms with Gasteiger partial charge in [-0.3, -0.25) is 4.79 Å². The Morgan fingerprint density at radius 1 is 0.885 bits per heavy atom. The molecule has 7 nitrogen and oxygen atoms in total. The molecule has 26 heavy (non-hydrogen) atoms. The van der Waals surface area contributed by atoms with Gasteiger partial charge in [-0.05, 0) is 24.3 Å². The molecule has 1 amide bonds. The maximum absolute atomic E-state index is 12.4. The Morgan fingerprint density at radius 2 is 1.50 bits per heavy atom. The van der Waals surface area contributed by atoms with Crippen LogP contribution in [0.5, 0.6) is 23.3 Å². The molecule has 0 saturated heterocycles. The van der Waals surface area contributed by atoms with E-state index in [2.05, 4.69) is 15.3 Å². The summed E-state index contributed by atoms with van der Waals surface area (Å²) < 4.78 is 15.9. The zero-order valence-electron chi connectivity index (χ0n) is 14.3. The summed E-state index contributed by atoms with van der Waals surface area (Å²) in [6.07, 6.45) is 2.95. The molecular formula is C19H17N3O4. The zero-order valence-corrected chi connectivity index (χ0v) is 14.3. The molecule has 132 valence electrons. The lowest BCUT2D eigenvalue weighted by molar-refractivity contribution is 0.102. The minimum atomic E-state index is -0.331. The molecular weight excluding hydrogens is 334 g/mol. The number of nitrogens with one attached hydrogen (secondary N) is 1. The van der Waals surface area contributed by atoms with Gasteiger partial charge in [-0.15, -0.1) is 0 Å². The number of anilines is 1. The van der Waals surface area contributed by atoms with Crippen LogP contribution in [-0.4, -0.2) is 30.1 Å². The predicted octanol–water partition coefficient (Wildman–Crippen LogP) is 3.54. The van der Waals surface area contributed by atoms with Crippen LogP contribution in [0.1, 0.15) is 10.4 Å². The minimum absolute atomic E-state index is 0.192. The SMILES string of the molecule is COc1cc(OC)cc(C(=O)Nc2cnc(Oc3ccccc3)nc2)c1. The molecule has 1 heterocycles. The fourth-order valence-corrected chi connectivity index (χ4v) is 2.17. The van der Waals surface area contributed by atoms with Crippen molar-refractivity contribution in [2.75, 3.05) is 19.5 Å². The predicted molar refractivity (Wildman–Crippen MR) is 96.0 cm³/mol. The molecule has 0 bridgehead atoms. The molecule has 0 spiro atoms. The summed E-state index contributed by atoms with van der Waals surface area (Å²) in [5, 5.41) is 2.72. The Hall–Kier alpha value is -3.61. The highest BCUT2D eigenvalue weighted by atomic mass is 16.5. The first-order valence-corrected chi connectivity index (χ1v) is 7.77. The molecule has 0 radical (unpaired) electrons. The van der Waals surface area contributed by atoms with Crippen molar-refractivity contribution in [3.8, 4) is 23.3 Å². The van der Waals surface area contributed by atoms with Gasteiger partial charge in [0.05, 0.1) is 32.3 Å². The minimum Gasteiger partial charge on any atom is -0.497 e.